The average Bonchev–Trinajstić information content (AvgIpc) is 2.53. The van der Waals surface area contributed by atoms with Gasteiger partial charge in [-0.15, -0.1) is 0 Å². The molecule has 2 aromatic heterocycles. The molecular weight excluding hydrogens is 252 g/mol. The van der Waals surface area contributed by atoms with Gasteiger partial charge in [-0.2, -0.15) is 0 Å². The zero-order valence-corrected chi connectivity index (χ0v) is 11.1. The molecule has 5 heteroatoms. The first-order chi connectivity index (χ1) is 9.85. The molecule has 0 unspecified atom stereocenters. The molecule has 100 valence electrons. The first kappa shape index (κ1) is 12.3. The number of anilines is 1. The van der Waals surface area contributed by atoms with Crippen molar-refractivity contribution in [1.82, 2.24) is 15.0 Å². The Morgan fingerprint density at radius 3 is 2.60 bits per heavy atom. The van der Waals surface area contributed by atoms with Gasteiger partial charge in [-0.05, 0) is 18.2 Å². The van der Waals surface area contributed by atoms with Crippen molar-refractivity contribution >= 4 is 16.7 Å². The molecule has 5 nitrogen and oxygen atoms in total. The number of nitrogens with one attached hydrogen (secondary N) is 1. The Labute approximate surface area is 116 Å². The lowest BCUT2D eigenvalue weighted by molar-refractivity contribution is 0.398. The van der Waals surface area contributed by atoms with Crippen molar-refractivity contribution in [3.63, 3.8) is 0 Å². The molecule has 3 rings (SSSR count). The molecule has 0 radical (unpaired) electrons. The minimum atomic E-state index is 0.598. The van der Waals surface area contributed by atoms with Crippen LogP contribution in [-0.4, -0.2) is 22.1 Å². The Balaban J connectivity index is 1.72. The lowest BCUT2D eigenvalue weighted by Crippen LogP contribution is -2.03. The van der Waals surface area contributed by atoms with Crippen molar-refractivity contribution in [1.29, 1.82) is 0 Å². The van der Waals surface area contributed by atoms with Crippen molar-refractivity contribution in [3.8, 4) is 5.88 Å². The van der Waals surface area contributed by atoms with Gasteiger partial charge in [-0.25, -0.2) is 9.97 Å². The summed E-state index contributed by atoms with van der Waals surface area (Å²) in [6.45, 7) is 0.603. The molecule has 0 atom stereocenters. The predicted octanol–water partition coefficient (Wildman–Crippen LogP) is 2.65. The highest BCUT2D eigenvalue weighted by Gasteiger charge is 2.00. The summed E-state index contributed by atoms with van der Waals surface area (Å²) in [5.41, 5.74) is 3.61. The number of rotatable bonds is 4. The van der Waals surface area contributed by atoms with E-state index in [4.69, 9.17) is 4.74 Å². The Bertz CT molecular complexity index is 712. The molecule has 1 N–H and O–H groups in total. The summed E-state index contributed by atoms with van der Waals surface area (Å²) in [5, 5.41) is 3.26. The van der Waals surface area contributed by atoms with Gasteiger partial charge in [-0.1, -0.05) is 12.1 Å². The molecule has 0 aliphatic rings. The molecule has 2 heterocycles. The highest BCUT2D eigenvalue weighted by molar-refractivity contribution is 5.73. The Kier molecular flexibility index (Phi) is 3.41. The number of benzene rings is 1. The standard InChI is InChI=1S/C15H14N4O/c1-20-15-7-6-11(8-18-15)16-9-12-10-17-13-4-2-3-5-14(13)19-12/h2-8,10,16H,9H2,1H3. The summed E-state index contributed by atoms with van der Waals surface area (Å²) < 4.78 is 5.02. The monoisotopic (exact) mass is 266 g/mol. The summed E-state index contributed by atoms with van der Waals surface area (Å²) in [7, 11) is 1.60. The first-order valence-electron chi connectivity index (χ1n) is 6.30. The van der Waals surface area contributed by atoms with Crippen LogP contribution in [0.3, 0.4) is 0 Å². The van der Waals surface area contributed by atoms with Crippen molar-refractivity contribution in [2.45, 2.75) is 6.54 Å². The van der Waals surface area contributed by atoms with Crippen molar-refractivity contribution < 1.29 is 4.74 Å². The number of aromatic nitrogens is 3. The van der Waals surface area contributed by atoms with Crippen LogP contribution in [0.2, 0.25) is 0 Å². The quantitative estimate of drug-likeness (QED) is 0.786. The average molecular weight is 266 g/mol. The van der Waals surface area contributed by atoms with Crippen molar-refractivity contribution in [2.24, 2.45) is 0 Å². The largest absolute Gasteiger partial charge is 0.481 e. The van der Waals surface area contributed by atoms with Crippen LogP contribution in [0.5, 0.6) is 5.88 Å². The van der Waals surface area contributed by atoms with E-state index < -0.39 is 0 Å². The fourth-order valence-corrected chi connectivity index (χ4v) is 1.88. The van der Waals surface area contributed by atoms with E-state index in [1.165, 1.54) is 0 Å². The molecule has 0 fully saturated rings. The normalized spacial score (nSPS) is 10.4. The summed E-state index contributed by atoms with van der Waals surface area (Å²) in [6, 6.07) is 11.6. The second-order valence-corrected chi connectivity index (χ2v) is 4.29. The number of nitrogens with zero attached hydrogens (tertiary/aromatic N) is 3. The maximum absolute atomic E-state index is 5.02. The number of hydrogen-bond donors (Lipinski definition) is 1. The number of para-hydroxylation sites is 2. The molecular formula is C15H14N4O. The molecule has 0 saturated carbocycles. The molecule has 0 aliphatic carbocycles. The summed E-state index contributed by atoms with van der Waals surface area (Å²) in [6.07, 6.45) is 3.51. The fourth-order valence-electron chi connectivity index (χ4n) is 1.88. The second-order valence-electron chi connectivity index (χ2n) is 4.29. The van der Waals surface area contributed by atoms with Crippen LogP contribution in [0.15, 0.2) is 48.8 Å². The molecule has 3 aromatic rings. The molecule has 0 saturated heterocycles. The van der Waals surface area contributed by atoms with E-state index in [1.807, 2.05) is 36.4 Å². The van der Waals surface area contributed by atoms with Gasteiger partial charge in [0.05, 0.1) is 48.5 Å². The van der Waals surface area contributed by atoms with Crippen LogP contribution in [0.25, 0.3) is 11.0 Å². The van der Waals surface area contributed by atoms with E-state index in [0.29, 0.717) is 12.4 Å². The van der Waals surface area contributed by atoms with Gasteiger partial charge in [0, 0.05) is 6.07 Å². The third-order valence-electron chi connectivity index (χ3n) is 2.92. The minimum absolute atomic E-state index is 0.598. The molecule has 1 aromatic carbocycles. The van der Waals surface area contributed by atoms with Gasteiger partial charge >= 0.3 is 0 Å². The lowest BCUT2D eigenvalue weighted by atomic mass is 10.3. The number of hydrogen-bond acceptors (Lipinski definition) is 5. The van der Waals surface area contributed by atoms with Crippen LogP contribution in [0.1, 0.15) is 5.69 Å². The van der Waals surface area contributed by atoms with Gasteiger partial charge in [-0.3, -0.25) is 4.98 Å². The van der Waals surface area contributed by atoms with E-state index in [0.717, 1.165) is 22.4 Å². The second kappa shape index (κ2) is 5.52. The maximum Gasteiger partial charge on any atom is 0.213 e. The number of pyridine rings is 1. The number of fused-ring (bicyclic) bond motifs is 1. The SMILES string of the molecule is COc1ccc(NCc2cnc3ccccc3n2)cn1. The zero-order chi connectivity index (χ0) is 13.8. The summed E-state index contributed by atoms with van der Waals surface area (Å²) >= 11 is 0. The maximum atomic E-state index is 5.02. The fraction of sp³-hybridized carbons (Fsp3) is 0.133. The van der Waals surface area contributed by atoms with E-state index in [-0.39, 0.29) is 0 Å². The summed E-state index contributed by atoms with van der Waals surface area (Å²) in [4.78, 5) is 13.1. The third kappa shape index (κ3) is 2.66. The van der Waals surface area contributed by atoms with E-state index in [9.17, 15) is 0 Å². The third-order valence-corrected chi connectivity index (χ3v) is 2.92. The van der Waals surface area contributed by atoms with Crippen LogP contribution >= 0.6 is 0 Å². The molecule has 0 spiro atoms. The Morgan fingerprint density at radius 2 is 1.85 bits per heavy atom. The highest BCUT2D eigenvalue weighted by Crippen LogP contribution is 2.13. The van der Waals surface area contributed by atoms with Crippen LogP contribution in [0, 0.1) is 0 Å². The molecule has 20 heavy (non-hydrogen) atoms. The highest BCUT2D eigenvalue weighted by atomic mass is 16.5. The van der Waals surface area contributed by atoms with Gasteiger partial charge in [0.2, 0.25) is 5.88 Å². The van der Waals surface area contributed by atoms with Crippen molar-refractivity contribution in [2.75, 3.05) is 12.4 Å². The van der Waals surface area contributed by atoms with Crippen LogP contribution in [-0.2, 0) is 6.54 Å². The van der Waals surface area contributed by atoms with Gasteiger partial charge in [0.1, 0.15) is 0 Å². The van der Waals surface area contributed by atoms with Crippen molar-refractivity contribution in [3.05, 3.63) is 54.5 Å². The van der Waals surface area contributed by atoms with Gasteiger partial charge in [0.15, 0.2) is 0 Å². The van der Waals surface area contributed by atoms with Gasteiger partial charge < -0.3 is 10.1 Å². The lowest BCUT2D eigenvalue weighted by Gasteiger charge is -2.06. The Hall–Kier alpha value is -2.69. The zero-order valence-electron chi connectivity index (χ0n) is 11.1. The van der Waals surface area contributed by atoms with Crippen LogP contribution in [0.4, 0.5) is 5.69 Å². The van der Waals surface area contributed by atoms with E-state index in [2.05, 4.69) is 20.3 Å². The summed E-state index contributed by atoms with van der Waals surface area (Å²) in [5.74, 6) is 0.598. The predicted molar refractivity (Wildman–Crippen MR) is 77.7 cm³/mol. The number of methoxy groups -OCH3 is 1. The molecule has 0 aliphatic heterocycles. The van der Waals surface area contributed by atoms with E-state index >= 15 is 0 Å². The number of ether oxygens (including phenoxy) is 1. The van der Waals surface area contributed by atoms with Gasteiger partial charge in [0.25, 0.3) is 0 Å². The molecule has 0 bridgehead atoms. The first-order valence-corrected chi connectivity index (χ1v) is 6.30. The van der Waals surface area contributed by atoms with Crippen LogP contribution < -0.4 is 10.1 Å². The minimum Gasteiger partial charge on any atom is -0.481 e. The molecule has 0 amide bonds. The topological polar surface area (TPSA) is 59.9 Å². The Morgan fingerprint density at radius 1 is 1.00 bits per heavy atom. The smallest absolute Gasteiger partial charge is 0.213 e. The van der Waals surface area contributed by atoms with E-state index in [1.54, 1.807) is 19.5 Å².